The van der Waals surface area contributed by atoms with Crippen LogP contribution < -0.4 is 0 Å². The number of carbonyl (C=O) groups is 1. The number of aliphatic hydroxyl groups is 1. The Hall–Kier alpha value is -2.21. The Bertz CT molecular complexity index is 647. The lowest BCUT2D eigenvalue weighted by molar-refractivity contribution is 0.0732. The summed E-state index contributed by atoms with van der Waals surface area (Å²) in [5.41, 5.74) is 1.39. The number of benzene rings is 1. The minimum Gasteiger partial charge on any atom is -0.395 e. The van der Waals surface area contributed by atoms with E-state index in [1.165, 1.54) is 0 Å². The highest BCUT2D eigenvalue weighted by Gasteiger charge is 2.29. The molecular weight excluding hydrogens is 282 g/mol. The number of aliphatic hydroxyl groups excluding tert-OH is 1. The average Bonchev–Trinajstić information content (AvgIpc) is 3.29. The SMILES string of the molecule is CCN(CCO)C(=O)c1ccc(-c2nc(C3CC3)no2)cc1. The van der Waals surface area contributed by atoms with Gasteiger partial charge in [-0.05, 0) is 44.0 Å². The van der Waals surface area contributed by atoms with Crippen LogP contribution in [0, 0.1) is 0 Å². The maximum atomic E-state index is 12.3. The zero-order chi connectivity index (χ0) is 15.5. The molecule has 1 aromatic heterocycles. The van der Waals surface area contributed by atoms with Crippen molar-refractivity contribution in [3.05, 3.63) is 35.7 Å². The molecule has 1 fully saturated rings. The number of carbonyl (C=O) groups excluding carboxylic acids is 1. The molecule has 3 rings (SSSR count). The average molecular weight is 301 g/mol. The van der Waals surface area contributed by atoms with Gasteiger partial charge in [-0.3, -0.25) is 4.79 Å². The summed E-state index contributed by atoms with van der Waals surface area (Å²) in [6, 6.07) is 7.12. The van der Waals surface area contributed by atoms with Gasteiger partial charge in [0.25, 0.3) is 11.8 Å². The van der Waals surface area contributed by atoms with E-state index in [1.54, 1.807) is 17.0 Å². The Morgan fingerprint density at radius 2 is 2.09 bits per heavy atom. The predicted octanol–water partition coefficient (Wildman–Crippen LogP) is 2.07. The normalized spacial score (nSPS) is 14.1. The number of rotatable bonds is 6. The van der Waals surface area contributed by atoms with E-state index in [0.29, 0.717) is 30.5 Å². The van der Waals surface area contributed by atoms with Gasteiger partial charge < -0.3 is 14.5 Å². The van der Waals surface area contributed by atoms with E-state index in [-0.39, 0.29) is 12.5 Å². The summed E-state index contributed by atoms with van der Waals surface area (Å²) in [5, 5.41) is 13.0. The lowest BCUT2D eigenvalue weighted by Crippen LogP contribution is -2.33. The van der Waals surface area contributed by atoms with Gasteiger partial charge in [0.15, 0.2) is 5.82 Å². The first-order chi connectivity index (χ1) is 10.7. The zero-order valence-corrected chi connectivity index (χ0v) is 12.5. The van der Waals surface area contributed by atoms with Gasteiger partial charge in [0.1, 0.15) is 0 Å². The topological polar surface area (TPSA) is 79.5 Å². The molecule has 1 aromatic carbocycles. The van der Waals surface area contributed by atoms with Crippen molar-refractivity contribution in [2.24, 2.45) is 0 Å². The second-order valence-corrected chi connectivity index (χ2v) is 5.42. The van der Waals surface area contributed by atoms with Gasteiger partial charge in [-0.2, -0.15) is 4.98 Å². The molecule has 1 amide bonds. The molecule has 1 heterocycles. The van der Waals surface area contributed by atoms with Crippen LogP contribution >= 0.6 is 0 Å². The molecule has 0 atom stereocenters. The number of hydrogen-bond acceptors (Lipinski definition) is 5. The number of hydrogen-bond donors (Lipinski definition) is 1. The highest BCUT2D eigenvalue weighted by atomic mass is 16.5. The lowest BCUT2D eigenvalue weighted by Gasteiger charge is -2.19. The predicted molar refractivity (Wildman–Crippen MR) is 80.4 cm³/mol. The monoisotopic (exact) mass is 301 g/mol. The van der Waals surface area contributed by atoms with E-state index in [4.69, 9.17) is 9.63 Å². The Morgan fingerprint density at radius 3 is 2.68 bits per heavy atom. The van der Waals surface area contributed by atoms with Crippen molar-refractivity contribution in [3.63, 3.8) is 0 Å². The van der Waals surface area contributed by atoms with Crippen LogP contribution in [0.4, 0.5) is 0 Å². The van der Waals surface area contributed by atoms with Gasteiger partial charge in [-0.1, -0.05) is 5.16 Å². The third-order valence-electron chi connectivity index (χ3n) is 3.80. The van der Waals surface area contributed by atoms with Crippen LogP contribution in [0.3, 0.4) is 0 Å². The van der Waals surface area contributed by atoms with Crippen LogP contribution in [0.1, 0.15) is 41.9 Å². The Morgan fingerprint density at radius 1 is 1.36 bits per heavy atom. The van der Waals surface area contributed by atoms with Gasteiger partial charge in [0.2, 0.25) is 0 Å². The first kappa shape index (κ1) is 14.7. The number of nitrogens with zero attached hydrogens (tertiary/aromatic N) is 3. The van der Waals surface area contributed by atoms with Crippen molar-refractivity contribution in [2.75, 3.05) is 19.7 Å². The standard InChI is InChI=1S/C16H19N3O3/c1-2-19(9-10-20)16(21)13-7-5-12(6-8-13)15-17-14(18-22-15)11-3-4-11/h5-8,11,20H,2-4,9-10H2,1H3. The van der Waals surface area contributed by atoms with Crippen LogP contribution in [0.25, 0.3) is 11.5 Å². The maximum Gasteiger partial charge on any atom is 0.257 e. The van der Waals surface area contributed by atoms with Gasteiger partial charge in [-0.25, -0.2) is 0 Å². The lowest BCUT2D eigenvalue weighted by atomic mass is 10.1. The molecule has 0 aliphatic heterocycles. The molecular formula is C16H19N3O3. The summed E-state index contributed by atoms with van der Waals surface area (Å²) in [4.78, 5) is 18.3. The second-order valence-electron chi connectivity index (χ2n) is 5.42. The Kier molecular flexibility index (Phi) is 4.20. The Labute approximate surface area is 128 Å². The number of likely N-dealkylation sites (N-methyl/N-ethyl adjacent to an activating group) is 1. The zero-order valence-electron chi connectivity index (χ0n) is 12.5. The summed E-state index contributed by atoms with van der Waals surface area (Å²) in [5.74, 6) is 1.63. The summed E-state index contributed by atoms with van der Waals surface area (Å²) in [7, 11) is 0. The molecule has 116 valence electrons. The molecule has 2 aromatic rings. The van der Waals surface area contributed by atoms with E-state index in [9.17, 15) is 4.79 Å². The van der Waals surface area contributed by atoms with Crippen molar-refractivity contribution in [1.29, 1.82) is 0 Å². The van der Waals surface area contributed by atoms with Crippen molar-refractivity contribution in [2.45, 2.75) is 25.7 Å². The molecule has 1 aliphatic rings. The highest BCUT2D eigenvalue weighted by Crippen LogP contribution is 2.38. The quantitative estimate of drug-likeness (QED) is 0.883. The van der Waals surface area contributed by atoms with E-state index >= 15 is 0 Å². The third kappa shape index (κ3) is 3.01. The number of amides is 1. The first-order valence-corrected chi connectivity index (χ1v) is 7.57. The minimum absolute atomic E-state index is 0.0381. The molecule has 1 aliphatic carbocycles. The fourth-order valence-corrected chi connectivity index (χ4v) is 2.32. The van der Waals surface area contributed by atoms with E-state index in [0.717, 1.165) is 24.2 Å². The van der Waals surface area contributed by atoms with Crippen molar-refractivity contribution >= 4 is 5.91 Å². The maximum absolute atomic E-state index is 12.3. The van der Waals surface area contributed by atoms with Gasteiger partial charge in [0.05, 0.1) is 6.61 Å². The fourth-order valence-electron chi connectivity index (χ4n) is 2.32. The molecule has 0 spiro atoms. The summed E-state index contributed by atoms with van der Waals surface area (Å²) in [6.45, 7) is 2.75. The molecule has 22 heavy (non-hydrogen) atoms. The first-order valence-electron chi connectivity index (χ1n) is 7.57. The second kappa shape index (κ2) is 6.27. The summed E-state index contributed by atoms with van der Waals surface area (Å²) < 4.78 is 5.27. The number of aromatic nitrogens is 2. The van der Waals surface area contributed by atoms with Crippen LogP contribution in [0.5, 0.6) is 0 Å². The Balaban J connectivity index is 1.75. The smallest absolute Gasteiger partial charge is 0.257 e. The van der Waals surface area contributed by atoms with E-state index in [2.05, 4.69) is 10.1 Å². The molecule has 6 nitrogen and oxygen atoms in total. The minimum atomic E-state index is -0.0905. The third-order valence-corrected chi connectivity index (χ3v) is 3.80. The van der Waals surface area contributed by atoms with Gasteiger partial charge in [-0.15, -0.1) is 0 Å². The molecule has 1 saturated carbocycles. The molecule has 0 radical (unpaired) electrons. The van der Waals surface area contributed by atoms with Crippen LogP contribution in [0.2, 0.25) is 0 Å². The van der Waals surface area contributed by atoms with E-state index < -0.39 is 0 Å². The van der Waals surface area contributed by atoms with Crippen molar-refractivity contribution < 1.29 is 14.4 Å². The molecule has 1 N–H and O–H groups in total. The highest BCUT2D eigenvalue weighted by molar-refractivity contribution is 5.94. The molecule has 0 unspecified atom stereocenters. The molecule has 0 saturated heterocycles. The van der Waals surface area contributed by atoms with Crippen molar-refractivity contribution in [3.8, 4) is 11.5 Å². The molecule has 0 bridgehead atoms. The van der Waals surface area contributed by atoms with Crippen LogP contribution in [-0.2, 0) is 0 Å². The largest absolute Gasteiger partial charge is 0.395 e. The van der Waals surface area contributed by atoms with Crippen LogP contribution in [-0.4, -0.2) is 45.8 Å². The van der Waals surface area contributed by atoms with Gasteiger partial charge >= 0.3 is 0 Å². The van der Waals surface area contributed by atoms with Gasteiger partial charge in [0, 0.05) is 30.1 Å². The fraction of sp³-hybridized carbons (Fsp3) is 0.438. The van der Waals surface area contributed by atoms with Crippen LogP contribution in [0.15, 0.2) is 28.8 Å². The van der Waals surface area contributed by atoms with Crippen molar-refractivity contribution in [1.82, 2.24) is 15.0 Å². The summed E-state index contributed by atoms with van der Waals surface area (Å²) in [6.07, 6.45) is 2.26. The molecule has 6 heteroatoms. The van der Waals surface area contributed by atoms with E-state index in [1.807, 2.05) is 19.1 Å². The summed E-state index contributed by atoms with van der Waals surface area (Å²) >= 11 is 0.